The number of nitrogens with zero attached hydrogens (tertiary/aromatic N) is 2. The van der Waals surface area contributed by atoms with Crippen molar-refractivity contribution in [3.63, 3.8) is 0 Å². The molecule has 0 bridgehead atoms. The molecule has 2 aromatic rings. The molecule has 1 aromatic carbocycles. The van der Waals surface area contributed by atoms with Crippen LogP contribution >= 0.6 is 11.3 Å². The Morgan fingerprint density at radius 1 is 1.30 bits per heavy atom. The zero-order valence-electron chi connectivity index (χ0n) is 12.1. The number of nitrogen functional groups attached to an aromatic ring is 1. The fourth-order valence-electron chi connectivity index (χ4n) is 1.99. The zero-order valence-corrected chi connectivity index (χ0v) is 12.9. The average Bonchev–Trinajstić information content (AvgIpc) is 2.83. The molecule has 2 rings (SSSR count). The normalized spacial score (nSPS) is 10.6. The van der Waals surface area contributed by atoms with Gasteiger partial charge in [0.1, 0.15) is 10.8 Å². The second kappa shape index (κ2) is 6.05. The van der Waals surface area contributed by atoms with Crippen LogP contribution in [0.3, 0.4) is 0 Å². The van der Waals surface area contributed by atoms with Gasteiger partial charge in [-0.05, 0) is 30.7 Å². The molecule has 0 amide bonds. The minimum absolute atomic E-state index is 0.113. The summed E-state index contributed by atoms with van der Waals surface area (Å²) in [7, 11) is 4.04. The summed E-state index contributed by atoms with van der Waals surface area (Å²) in [6, 6.07) is 8.27. The Labute approximate surface area is 123 Å². The van der Waals surface area contributed by atoms with E-state index in [0.29, 0.717) is 0 Å². The minimum atomic E-state index is 0.113. The monoisotopic (exact) mass is 288 g/mol. The van der Waals surface area contributed by atoms with Crippen molar-refractivity contribution in [3.05, 3.63) is 34.8 Å². The molecule has 20 heavy (non-hydrogen) atoms. The van der Waals surface area contributed by atoms with Gasteiger partial charge in [0.15, 0.2) is 0 Å². The van der Waals surface area contributed by atoms with Gasteiger partial charge in [0.05, 0.1) is 10.6 Å². The Balaban J connectivity index is 2.37. The van der Waals surface area contributed by atoms with E-state index in [0.717, 1.165) is 39.7 Å². The van der Waals surface area contributed by atoms with E-state index in [9.17, 15) is 0 Å². The van der Waals surface area contributed by atoms with Crippen molar-refractivity contribution in [3.8, 4) is 10.6 Å². The molecule has 106 valence electrons. The maximum absolute atomic E-state index is 7.66. The van der Waals surface area contributed by atoms with Gasteiger partial charge in [-0.15, -0.1) is 11.3 Å². The van der Waals surface area contributed by atoms with Crippen LogP contribution in [0.2, 0.25) is 0 Å². The number of amidine groups is 1. The number of anilines is 1. The van der Waals surface area contributed by atoms with Crippen LogP contribution in [0.15, 0.2) is 24.3 Å². The van der Waals surface area contributed by atoms with E-state index >= 15 is 0 Å². The third-order valence-corrected chi connectivity index (χ3v) is 4.24. The Morgan fingerprint density at radius 3 is 2.45 bits per heavy atom. The highest BCUT2D eigenvalue weighted by molar-refractivity contribution is 7.17. The van der Waals surface area contributed by atoms with Gasteiger partial charge in [-0.1, -0.05) is 13.3 Å². The number of aryl methyl sites for hydroxylation is 1. The first-order valence-electron chi connectivity index (χ1n) is 6.64. The highest BCUT2D eigenvalue weighted by Gasteiger charge is 2.14. The van der Waals surface area contributed by atoms with Crippen molar-refractivity contribution in [2.24, 2.45) is 5.73 Å². The van der Waals surface area contributed by atoms with Crippen molar-refractivity contribution in [1.82, 2.24) is 4.98 Å². The third kappa shape index (κ3) is 2.99. The first-order chi connectivity index (χ1) is 9.52. The quantitative estimate of drug-likeness (QED) is 0.656. The van der Waals surface area contributed by atoms with Gasteiger partial charge in [-0.2, -0.15) is 0 Å². The van der Waals surface area contributed by atoms with E-state index in [1.54, 1.807) is 0 Å². The number of nitrogens with one attached hydrogen (secondary N) is 1. The molecule has 1 heterocycles. The van der Waals surface area contributed by atoms with Crippen LogP contribution < -0.4 is 10.6 Å². The summed E-state index contributed by atoms with van der Waals surface area (Å²) < 4.78 is 0. The van der Waals surface area contributed by atoms with Crippen LogP contribution in [-0.4, -0.2) is 24.9 Å². The topological polar surface area (TPSA) is 66.0 Å². The first-order valence-corrected chi connectivity index (χ1v) is 7.46. The fraction of sp³-hybridized carbons (Fsp3) is 0.333. The molecule has 4 nitrogen and oxygen atoms in total. The molecule has 0 aliphatic heterocycles. The summed E-state index contributed by atoms with van der Waals surface area (Å²) in [4.78, 5) is 7.52. The van der Waals surface area contributed by atoms with Crippen LogP contribution in [0.25, 0.3) is 10.6 Å². The van der Waals surface area contributed by atoms with Crippen molar-refractivity contribution in [1.29, 1.82) is 5.41 Å². The fourth-order valence-corrected chi connectivity index (χ4v) is 2.97. The molecular formula is C15H20N4S. The van der Waals surface area contributed by atoms with Gasteiger partial charge >= 0.3 is 0 Å². The van der Waals surface area contributed by atoms with Gasteiger partial charge in [-0.3, -0.25) is 5.41 Å². The number of hydrogen-bond acceptors (Lipinski definition) is 4. The number of nitrogens with two attached hydrogens (primary N) is 1. The lowest BCUT2D eigenvalue weighted by Crippen LogP contribution is -2.11. The molecule has 5 heteroatoms. The Kier molecular flexibility index (Phi) is 4.39. The lowest BCUT2D eigenvalue weighted by molar-refractivity contribution is 0.891. The molecule has 0 aliphatic carbocycles. The Hall–Kier alpha value is -1.88. The van der Waals surface area contributed by atoms with Crippen molar-refractivity contribution in [2.45, 2.75) is 19.8 Å². The van der Waals surface area contributed by atoms with E-state index in [-0.39, 0.29) is 5.84 Å². The second-order valence-electron chi connectivity index (χ2n) is 4.90. The second-order valence-corrected chi connectivity index (χ2v) is 5.90. The van der Waals surface area contributed by atoms with E-state index < -0.39 is 0 Å². The van der Waals surface area contributed by atoms with Crippen LogP contribution in [0.4, 0.5) is 5.69 Å². The standard InChI is InChI=1S/C15H20N4S/c1-4-5-12-13(14(16)17)20-15(18-12)10-6-8-11(9-7-10)19(2)3/h6-9H,4-5H2,1-3H3,(H3,16,17). The van der Waals surface area contributed by atoms with Gasteiger partial charge in [-0.25, -0.2) is 4.98 Å². The Morgan fingerprint density at radius 2 is 1.95 bits per heavy atom. The first kappa shape index (κ1) is 14.5. The van der Waals surface area contributed by atoms with Crippen LogP contribution in [0.1, 0.15) is 23.9 Å². The highest BCUT2D eigenvalue weighted by atomic mass is 32.1. The molecule has 0 atom stereocenters. The molecule has 1 aromatic heterocycles. The third-order valence-electron chi connectivity index (χ3n) is 3.06. The Bertz CT molecular complexity index is 599. The summed E-state index contributed by atoms with van der Waals surface area (Å²) >= 11 is 1.50. The lowest BCUT2D eigenvalue weighted by Gasteiger charge is -2.11. The smallest absolute Gasteiger partial charge is 0.135 e. The van der Waals surface area contributed by atoms with Gasteiger partial charge in [0.25, 0.3) is 0 Å². The number of hydrogen-bond donors (Lipinski definition) is 2. The predicted molar refractivity (Wildman–Crippen MR) is 86.9 cm³/mol. The maximum Gasteiger partial charge on any atom is 0.135 e. The number of benzene rings is 1. The molecule has 0 spiro atoms. The van der Waals surface area contributed by atoms with Crippen molar-refractivity contribution < 1.29 is 0 Å². The summed E-state index contributed by atoms with van der Waals surface area (Å²) in [6.07, 6.45) is 1.87. The molecule has 0 saturated heterocycles. The molecular weight excluding hydrogens is 268 g/mol. The molecule has 0 unspecified atom stereocenters. The highest BCUT2D eigenvalue weighted by Crippen LogP contribution is 2.29. The van der Waals surface area contributed by atoms with Crippen LogP contribution in [0, 0.1) is 5.41 Å². The maximum atomic E-state index is 7.66. The van der Waals surface area contributed by atoms with E-state index in [1.807, 2.05) is 14.1 Å². The van der Waals surface area contributed by atoms with Gasteiger partial charge in [0, 0.05) is 25.3 Å². The van der Waals surface area contributed by atoms with E-state index in [4.69, 9.17) is 11.1 Å². The summed E-state index contributed by atoms with van der Waals surface area (Å²) in [5.74, 6) is 0.113. The summed E-state index contributed by atoms with van der Waals surface area (Å²) in [5, 5.41) is 8.60. The zero-order chi connectivity index (χ0) is 14.7. The van der Waals surface area contributed by atoms with Crippen LogP contribution in [0.5, 0.6) is 0 Å². The number of thiazole rings is 1. The number of aromatic nitrogens is 1. The van der Waals surface area contributed by atoms with Gasteiger partial charge in [0.2, 0.25) is 0 Å². The van der Waals surface area contributed by atoms with Gasteiger partial charge < -0.3 is 10.6 Å². The van der Waals surface area contributed by atoms with Crippen molar-refractivity contribution >= 4 is 22.9 Å². The molecule has 3 N–H and O–H groups in total. The predicted octanol–water partition coefficient (Wildman–Crippen LogP) is 3.11. The largest absolute Gasteiger partial charge is 0.383 e. The number of rotatable bonds is 5. The van der Waals surface area contributed by atoms with Crippen LogP contribution in [-0.2, 0) is 6.42 Å². The SMILES string of the molecule is CCCc1nc(-c2ccc(N(C)C)cc2)sc1C(=N)N. The lowest BCUT2D eigenvalue weighted by atomic mass is 10.2. The summed E-state index contributed by atoms with van der Waals surface area (Å²) in [6.45, 7) is 2.11. The summed E-state index contributed by atoms with van der Waals surface area (Å²) in [5.41, 5.74) is 8.82. The molecule has 0 aliphatic rings. The minimum Gasteiger partial charge on any atom is -0.383 e. The van der Waals surface area contributed by atoms with E-state index in [1.165, 1.54) is 11.3 Å². The molecule has 0 fully saturated rings. The average molecular weight is 288 g/mol. The van der Waals surface area contributed by atoms with Crippen molar-refractivity contribution in [2.75, 3.05) is 19.0 Å². The van der Waals surface area contributed by atoms with E-state index in [2.05, 4.69) is 41.1 Å². The molecule has 0 saturated carbocycles. The molecule has 0 radical (unpaired) electrons.